The first-order valence-corrected chi connectivity index (χ1v) is 8.57. The maximum atomic E-state index is 11.5. The third-order valence-electron chi connectivity index (χ3n) is 4.47. The van der Waals surface area contributed by atoms with Crippen molar-refractivity contribution in [2.45, 2.75) is 52.1 Å². The first kappa shape index (κ1) is 16.7. The molecule has 2 aromatic rings. The normalized spacial score (nSPS) is 17.2. The molecule has 0 fully saturated rings. The molecule has 1 atom stereocenters. The van der Waals surface area contributed by atoms with Gasteiger partial charge in [-0.2, -0.15) is 5.10 Å². The van der Waals surface area contributed by atoms with Crippen molar-refractivity contribution in [3.63, 3.8) is 0 Å². The Balaban J connectivity index is 1.67. The third-order valence-corrected chi connectivity index (χ3v) is 4.47. The Morgan fingerprint density at radius 1 is 1.54 bits per heavy atom. The minimum Gasteiger partial charge on any atom is -0.476 e. The van der Waals surface area contributed by atoms with E-state index in [0.29, 0.717) is 12.0 Å². The Labute approximate surface area is 141 Å². The van der Waals surface area contributed by atoms with Crippen molar-refractivity contribution in [3.05, 3.63) is 35.2 Å². The predicted octanol–water partition coefficient (Wildman–Crippen LogP) is 1.65. The third kappa shape index (κ3) is 3.67. The molecule has 0 bridgehead atoms. The largest absolute Gasteiger partial charge is 0.476 e. The smallest absolute Gasteiger partial charge is 0.356 e. The number of fused-ring (bicyclic) bond motifs is 1. The van der Waals surface area contributed by atoms with Gasteiger partial charge in [0.05, 0.1) is 6.33 Å². The summed E-state index contributed by atoms with van der Waals surface area (Å²) >= 11 is 0. The molecule has 1 aliphatic carbocycles. The van der Waals surface area contributed by atoms with Gasteiger partial charge < -0.3 is 15.4 Å². The van der Waals surface area contributed by atoms with Gasteiger partial charge in [-0.05, 0) is 25.2 Å². The summed E-state index contributed by atoms with van der Waals surface area (Å²) in [6, 6.07) is 0.301. The summed E-state index contributed by atoms with van der Waals surface area (Å²) in [5.74, 6) is -0.479. The fourth-order valence-corrected chi connectivity index (χ4v) is 3.36. The maximum absolute atomic E-state index is 11.5. The van der Waals surface area contributed by atoms with E-state index in [1.807, 2.05) is 10.9 Å². The van der Waals surface area contributed by atoms with Gasteiger partial charge in [-0.15, -0.1) is 0 Å². The minimum absolute atomic E-state index is 0.228. The molecule has 1 unspecified atom stereocenters. The van der Waals surface area contributed by atoms with E-state index in [-0.39, 0.29) is 5.69 Å². The summed E-state index contributed by atoms with van der Waals surface area (Å²) in [6.07, 6.45) is 7.03. The van der Waals surface area contributed by atoms with E-state index in [2.05, 4.69) is 34.2 Å². The van der Waals surface area contributed by atoms with E-state index in [4.69, 9.17) is 0 Å². The standard InChI is InChI=1S/C17H25N5O2/c1-11(2)9-22-15-4-3-12(7-14(15)16(21-22)17(23)24)19-6-5-13-8-18-10-20-13/h8,10-12,19H,3-7,9H2,1-2H3,(H,18,20)(H,23,24). The van der Waals surface area contributed by atoms with Crippen molar-refractivity contribution < 1.29 is 9.90 Å². The van der Waals surface area contributed by atoms with Crippen molar-refractivity contribution in [3.8, 4) is 0 Å². The van der Waals surface area contributed by atoms with Gasteiger partial charge >= 0.3 is 5.97 Å². The van der Waals surface area contributed by atoms with E-state index in [1.165, 1.54) is 0 Å². The number of rotatable bonds is 7. The summed E-state index contributed by atoms with van der Waals surface area (Å²) in [5, 5.41) is 17.4. The molecule has 1 aliphatic rings. The zero-order chi connectivity index (χ0) is 17.1. The SMILES string of the molecule is CC(C)Cn1nc(C(=O)O)c2c1CCC(NCCc1cnc[nH]1)C2. The van der Waals surface area contributed by atoms with Crippen LogP contribution in [0.4, 0.5) is 0 Å². The number of carbonyl (C=O) groups is 1. The Morgan fingerprint density at radius 3 is 3.04 bits per heavy atom. The summed E-state index contributed by atoms with van der Waals surface area (Å²) in [5.41, 5.74) is 3.35. The fourth-order valence-electron chi connectivity index (χ4n) is 3.36. The second-order valence-electron chi connectivity index (χ2n) is 6.88. The van der Waals surface area contributed by atoms with Crippen LogP contribution in [0.25, 0.3) is 0 Å². The lowest BCUT2D eigenvalue weighted by Gasteiger charge is -2.24. The van der Waals surface area contributed by atoms with Crippen molar-refractivity contribution in [1.29, 1.82) is 0 Å². The molecule has 7 nitrogen and oxygen atoms in total. The van der Waals surface area contributed by atoms with E-state index < -0.39 is 5.97 Å². The van der Waals surface area contributed by atoms with Gasteiger partial charge in [-0.3, -0.25) is 4.68 Å². The number of nitrogens with one attached hydrogen (secondary N) is 2. The summed E-state index contributed by atoms with van der Waals surface area (Å²) in [7, 11) is 0. The quantitative estimate of drug-likeness (QED) is 0.717. The molecule has 0 aliphatic heterocycles. The van der Waals surface area contributed by atoms with Gasteiger partial charge in [0.2, 0.25) is 0 Å². The van der Waals surface area contributed by atoms with Crippen LogP contribution >= 0.6 is 0 Å². The number of aromatic nitrogens is 4. The number of aromatic amines is 1. The van der Waals surface area contributed by atoms with Crippen LogP contribution in [0.15, 0.2) is 12.5 Å². The van der Waals surface area contributed by atoms with Gasteiger partial charge in [0.1, 0.15) is 0 Å². The van der Waals surface area contributed by atoms with E-state index in [0.717, 1.165) is 55.7 Å². The first-order chi connectivity index (χ1) is 11.5. The fraction of sp³-hybridized carbons (Fsp3) is 0.588. The van der Waals surface area contributed by atoms with Crippen molar-refractivity contribution >= 4 is 5.97 Å². The Bertz CT molecular complexity index is 690. The average Bonchev–Trinajstić information content (AvgIpc) is 3.15. The monoisotopic (exact) mass is 331 g/mol. The Morgan fingerprint density at radius 2 is 2.38 bits per heavy atom. The zero-order valence-corrected chi connectivity index (χ0v) is 14.2. The van der Waals surface area contributed by atoms with E-state index in [9.17, 15) is 9.90 Å². The van der Waals surface area contributed by atoms with Crippen LogP contribution in [0.1, 0.15) is 47.7 Å². The van der Waals surface area contributed by atoms with Crippen LogP contribution in [0.2, 0.25) is 0 Å². The average molecular weight is 331 g/mol. The molecule has 0 spiro atoms. The van der Waals surface area contributed by atoms with Crippen molar-refractivity contribution in [2.75, 3.05) is 6.54 Å². The number of aromatic carboxylic acids is 1. The van der Waals surface area contributed by atoms with Crippen LogP contribution in [-0.2, 0) is 25.8 Å². The van der Waals surface area contributed by atoms with Gasteiger partial charge in [0, 0.05) is 48.7 Å². The molecule has 0 radical (unpaired) electrons. The highest BCUT2D eigenvalue weighted by Crippen LogP contribution is 2.25. The topological polar surface area (TPSA) is 95.8 Å². The summed E-state index contributed by atoms with van der Waals surface area (Å²) in [6.45, 7) is 5.87. The Kier molecular flexibility index (Phi) is 4.99. The van der Waals surface area contributed by atoms with Crippen LogP contribution in [0.5, 0.6) is 0 Å². The minimum atomic E-state index is -0.924. The number of carboxylic acid groups (broad SMARTS) is 1. The lowest BCUT2D eigenvalue weighted by Crippen LogP contribution is -2.36. The molecule has 3 rings (SSSR count). The van der Waals surface area contributed by atoms with E-state index in [1.54, 1.807) is 6.33 Å². The zero-order valence-electron chi connectivity index (χ0n) is 14.2. The number of nitrogens with zero attached hydrogens (tertiary/aromatic N) is 3. The number of hydrogen-bond acceptors (Lipinski definition) is 4. The lowest BCUT2D eigenvalue weighted by atomic mass is 9.91. The van der Waals surface area contributed by atoms with Crippen molar-refractivity contribution in [1.82, 2.24) is 25.1 Å². The molecule has 130 valence electrons. The molecular formula is C17H25N5O2. The van der Waals surface area contributed by atoms with E-state index >= 15 is 0 Å². The second kappa shape index (κ2) is 7.17. The van der Waals surface area contributed by atoms with Crippen LogP contribution < -0.4 is 5.32 Å². The number of H-pyrrole nitrogens is 1. The molecule has 2 heterocycles. The highest BCUT2D eigenvalue weighted by molar-refractivity contribution is 5.87. The summed E-state index contributed by atoms with van der Waals surface area (Å²) < 4.78 is 1.91. The molecule has 0 saturated heterocycles. The number of hydrogen-bond donors (Lipinski definition) is 3. The molecule has 7 heteroatoms. The van der Waals surface area contributed by atoms with Crippen LogP contribution in [0, 0.1) is 5.92 Å². The molecule has 0 aromatic carbocycles. The number of carboxylic acids is 1. The second-order valence-corrected chi connectivity index (χ2v) is 6.88. The van der Waals surface area contributed by atoms with Crippen LogP contribution in [0.3, 0.4) is 0 Å². The number of imidazole rings is 1. The molecule has 24 heavy (non-hydrogen) atoms. The first-order valence-electron chi connectivity index (χ1n) is 8.57. The molecule has 0 saturated carbocycles. The molecule has 0 amide bonds. The van der Waals surface area contributed by atoms with Crippen molar-refractivity contribution in [2.24, 2.45) is 5.92 Å². The molecule has 3 N–H and O–H groups in total. The van der Waals surface area contributed by atoms with Crippen LogP contribution in [-0.4, -0.2) is 43.4 Å². The Hall–Kier alpha value is -2.15. The molecule has 2 aromatic heterocycles. The maximum Gasteiger partial charge on any atom is 0.356 e. The predicted molar refractivity (Wildman–Crippen MR) is 90.1 cm³/mol. The molecular weight excluding hydrogens is 306 g/mol. The van der Waals surface area contributed by atoms with Gasteiger partial charge in [0.25, 0.3) is 0 Å². The van der Waals surface area contributed by atoms with Gasteiger partial charge in [-0.25, -0.2) is 9.78 Å². The highest BCUT2D eigenvalue weighted by atomic mass is 16.4. The highest BCUT2D eigenvalue weighted by Gasteiger charge is 2.28. The lowest BCUT2D eigenvalue weighted by molar-refractivity contribution is 0.0688. The van der Waals surface area contributed by atoms with Gasteiger partial charge in [-0.1, -0.05) is 13.8 Å². The van der Waals surface area contributed by atoms with Gasteiger partial charge in [0.15, 0.2) is 5.69 Å². The summed E-state index contributed by atoms with van der Waals surface area (Å²) in [4.78, 5) is 18.6.